The van der Waals surface area contributed by atoms with Crippen molar-refractivity contribution in [3.8, 4) is 11.3 Å². The predicted molar refractivity (Wildman–Crippen MR) is 136 cm³/mol. The van der Waals surface area contributed by atoms with Crippen LogP contribution in [0.25, 0.3) is 22.2 Å². The fourth-order valence-electron chi connectivity index (χ4n) is 5.12. The third kappa shape index (κ3) is 4.07. The molecule has 2 N–H and O–H groups in total. The smallest absolute Gasteiger partial charge is 0.264 e. The molecule has 3 amide bonds. The second kappa shape index (κ2) is 9.11. The summed E-state index contributed by atoms with van der Waals surface area (Å²) in [6.07, 6.45) is 0.501. The predicted octanol–water partition coefficient (Wildman–Crippen LogP) is 4.06. The zero-order chi connectivity index (χ0) is 25.7. The summed E-state index contributed by atoms with van der Waals surface area (Å²) in [6, 6.07) is 10.5. The maximum absolute atomic E-state index is 14.9. The van der Waals surface area contributed by atoms with E-state index >= 15 is 0 Å². The normalized spacial score (nSPS) is 15.6. The first kappa shape index (κ1) is 23.4. The average molecular weight is 521 g/mol. The van der Waals surface area contributed by atoms with E-state index in [0.717, 1.165) is 5.56 Å². The lowest BCUT2D eigenvalue weighted by atomic mass is 9.98. The number of piperazine rings is 1. The van der Waals surface area contributed by atoms with Gasteiger partial charge in [0.1, 0.15) is 11.6 Å². The number of thiophene rings is 1. The first-order valence-electron chi connectivity index (χ1n) is 11.9. The molecule has 0 saturated carbocycles. The van der Waals surface area contributed by atoms with Crippen LogP contribution in [0.4, 0.5) is 8.78 Å². The van der Waals surface area contributed by atoms with Gasteiger partial charge in [-0.05, 0) is 59.3 Å². The number of H-pyrrole nitrogens is 1. The molecule has 7 nitrogen and oxygen atoms in total. The van der Waals surface area contributed by atoms with Crippen LogP contribution in [0.3, 0.4) is 0 Å². The van der Waals surface area contributed by atoms with Gasteiger partial charge in [-0.3, -0.25) is 14.4 Å². The van der Waals surface area contributed by atoms with Crippen LogP contribution in [-0.2, 0) is 6.42 Å². The van der Waals surface area contributed by atoms with Gasteiger partial charge in [-0.1, -0.05) is 6.07 Å². The number of rotatable bonds is 3. The fourth-order valence-corrected chi connectivity index (χ4v) is 5.81. The Kier molecular flexibility index (Phi) is 5.75. The monoisotopic (exact) mass is 520 g/mol. The van der Waals surface area contributed by atoms with Gasteiger partial charge in [0.15, 0.2) is 0 Å². The molecular weight excluding hydrogens is 498 g/mol. The van der Waals surface area contributed by atoms with Crippen molar-refractivity contribution in [2.24, 2.45) is 0 Å². The van der Waals surface area contributed by atoms with Crippen molar-refractivity contribution in [2.45, 2.75) is 6.42 Å². The molecule has 0 spiro atoms. The van der Waals surface area contributed by atoms with E-state index in [1.54, 1.807) is 21.9 Å². The topological polar surface area (TPSA) is 85.5 Å². The summed E-state index contributed by atoms with van der Waals surface area (Å²) >= 11 is 1.37. The molecule has 2 aromatic heterocycles. The van der Waals surface area contributed by atoms with Crippen LogP contribution in [0, 0.1) is 11.6 Å². The van der Waals surface area contributed by atoms with Gasteiger partial charge < -0.3 is 20.1 Å². The maximum atomic E-state index is 14.9. The van der Waals surface area contributed by atoms with Crippen molar-refractivity contribution in [3.63, 3.8) is 0 Å². The third-order valence-corrected chi connectivity index (χ3v) is 7.80. The summed E-state index contributed by atoms with van der Waals surface area (Å²) in [5.74, 6) is -2.04. The van der Waals surface area contributed by atoms with Crippen LogP contribution >= 0.6 is 11.3 Å². The molecule has 4 aromatic rings. The lowest BCUT2D eigenvalue weighted by Gasteiger charge is -2.34. The molecule has 2 aromatic carbocycles. The molecule has 0 bridgehead atoms. The van der Waals surface area contributed by atoms with Crippen molar-refractivity contribution in [1.29, 1.82) is 0 Å². The van der Waals surface area contributed by atoms with Gasteiger partial charge in [0.25, 0.3) is 17.7 Å². The van der Waals surface area contributed by atoms with E-state index in [9.17, 15) is 23.2 Å². The summed E-state index contributed by atoms with van der Waals surface area (Å²) < 4.78 is 29.1. The molecule has 6 rings (SSSR count). The number of nitrogens with one attached hydrogen (secondary N) is 2. The Morgan fingerprint density at radius 2 is 1.70 bits per heavy atom. The highest BCUT2D eigenvalue weighted by Crippen LogP contribution is 2.35. The number of carbonyl (C=O) groups is 3. The van der Waals surface area contributed by atoms with Crippen LogP contribution in [0.5, 0.6) is 0 Å². The van der Waals surface area contributed by atoms with E-state index in [2.05, 4.69) is 10.3 Å². The van der Waals surface area contributed by atoms with Crippen LogP contribution < -0.4 is 5.32 Å². The summed E-state index contributed by atoms with van der Waals surface area (Å²) in [7, 11) is 0. The standard InChI is InChI=1S/C27H22F2N4O3S/c28-16-13-19-23-17(5-6-30-25(19)34)24(31-21(23)14-16)15-3-4-20(29)18(12-15)26(35)32-7-9-33(10-8-32)27(36)22-2-1-11-37-22/h1-4,11-14,31H,5-10H2,(H,30,34). The Hall–Kier alpha value is -4.05. The highest BCUT2D eigenvalue weighted by atomic mass is 32.1. The molecule has 1 saturated heterocycles. The van der Waals surface area contributed by atoms with Crippen molar-refractivity contribution in [1.82, 2.24) is 20.1 Å². The Labute approximate surface area is 214 Å². The van der Waals surface area contributed by atoms with Crippen molar-refractivity contribution < 1.29 is 23.2 Å². The molecule has 1 fully saturated rings. The molecular formula is C27H22F2N4O3S. The molecule has 0 aliphatic carbocycles. The molecule has 37 heavy (non-hydrogen) atoms. The minimum absolute atomic E-state index is 0.0669. The van der Waals surface area contributed by atoms with E-state index in [1.807, 2.05) is 11.4 Å². The summed E-state index contributed by atoms with van der Waals surface area (Å²) in [4.78, 5) is 45.5. The van der Waals surface area contributed by atoms with Crippen LogP contribution in [-0.4, -0.2) is 65.2 Å². The van der Waals surface area contributed by atoms with Gasteiger partial charge in [0, 0.05) is 49.3 Å². The molecule has 2 aliphatic heterocycles. The van der Waals surface area contributed by atoms with Crippen LogP contribution in [0.15, 0.2) is 47.8 Å². The number of nitrogens with zero attached hydrogens (tertiary/aromatic N) is 2. The molecule has 10 heteroatoms. The Balaban J connectivity index is 1.29. The van der Waals surface area contributed by atoms with Crippen molar-refractivity contribution in [2.75, 3.05) is 32.7 Å². The quantitative estimate of drug-likeness (QED) is 0.427. The lowest BCUT2D eigenvalue weighted by molar-refractivity contribution is 0.0535. The van der Waals surface area contributed by atoms with E-state index in [-0.39, 0.29) is 22.9 Å². The summed E-state index contributed by atoms with van der Waals surface area (Å²) in [6.45, 7) is 1.70. The number of amides is 3. The Bertz CT molecular complexity index is 1560. The van der Waals surface area contributed by atoms with Crippen LogP contribution in [0.1, 0.15) is 36.0 Å². The van der Waals surface area contributed by atoms with Gasteiger partial charge in [-0.15, -0.1) is 11.3 Å². The number of halogens is 2. The molecule has 2 aliphatic rings. The number of aromatic amines is 1. The lowest BCUT2D eigenvalue weighted by Crippen LogP contribution is -2.50. The Morgan fingerprint density at radius 1 is 0.946 bits per heavy atom. The van der Waals surface area contributed by atoms with Gasteiger partial charge >= 0.3 is 0 Å². The molecule has 0 atom stereocenters. The van der Waals surface area contributed by atoms with Crippen molar-refractivity contribution in [3.05, 3.63) is 81.0 Å². The van der Waals surface area contributed by atoms with Crippen LogP contribution in [0.2, 0.25) is 0 Å². The van der Waals surface area contributed by atoms with E-state index in [0.29, 0.717) is 66.2 Å². The first-order chi connectivity index (χ1) is 17.9. The average Bonchev–Trinajstić information content (AvgIpc) is 3.53. The minimum atomic E-state index is -0.642. The van der Waals surface area contributed by atoms with Gasteiger partial charge in [0.2, 0.25) is 0 Å². The minimum Gasteiger partial charge on any atom is -0.354 e. The number of carbonyl (C=O) groups excluding carboxylic acids is 3. The first-order valence-corrected chi connectivity index (χ1v) is 12.8. The molecule has 0 radical (unpaired) electrons. The van der Waals surface area contributed by atoms with Crippen molar-refractivity contribution >= 4 is 40.0 Å². The van der Waals surface area contributed by atoms with E-state index in [4.69, 9.17) is 0 Å². The number of hydrogen-bond donors (Lipinski definition) is 2. The number of benzene rings is 2. The second-order valence-electron chi connectivity index (χ2n) is 9.12. The zero-order valence-electron chi connectivity index (χ0n) is 19.6. The third-order valence-electron chi connectivity index (χ3n) is 6.94. The maximum Gasteiger partial charge on any atom is 0.264 e. The SMILES string of the molecule is O=C1NCCc2c(-c3ccc(F)c(C(=O)N4CCN(C(=O)c5cccs5)CC4)c3)[nH]c3cc(F)cc1c23. The fraction of sp³-hybridized carbons (Fsp3) is 0.222. The van der Waals surface area contributed by atoms with Gasteiger partial charge in [-0.25, -0.2) is 8.78 Å². The van der Waals surface area contributed by atoms with Gasteiger partial charge in [-0.2, -0.15) is 0 Å². The van der Waals surface area contributed by atoms with Gasteiger partial charge in [0.05, 0.1) is 16.0 Å². The Morgan fingerprint density at radius 3 is 2.43 bits per heavy atom. The number of aromatic nitrogens is 1. The largest absolute Gasteiger partial charge is 0.354 e. The summed E-state index contributed by atoms with van der Waals surface area (Å²) in [5, 5.41) is 5.26. The highest BCUT2D eigenvalue weighted by Gasteiger charge is 2.28. The molecule has 4 heterocycles. The molecule has 188 valence electrons. The second-order valence-corrected chi connectivity index (χ2v) is 10.1. The highest BCUT2D eigenvalue weighted by molar-refractivity contribution is 7.12. The van der Waals surface area contributed by atoms with E-state index in [1.165, 1.54) is 35.6 Å². The zero-order valence-corrected chi connectivity index (χ0v) is 20.5. The number of hydrogen-bond acceptors (Lipinski definition) is 4. The molecule has 0 unspecified atom stereocenters. The van der Waals surface area contributed by atoms with E-state index < -0.39 is 17.5 Å². The summed E-state index contributed by atoms with van der Waals surface area (Å²) in [5.41, 5.74) is 2.66.